The first-order valence-corrected chi connectivity index (χ1v) is 8.68. The van der Waals surface area contributed by atoms with E-state index in [9.17, 15) is 18.3 Å². The van der Waals surface area contributed by atoms with Crippen molar-refractivity contribution < 1.29 is 18.3 Å². The standard InChI is InChI=1S/C13H23NO4S/c1-11-4-6-13(7-5-11,12(15)16)10-14-8-2-3-9-19(14,17)18/h11H,2-10H2,1H3,(H,15,16). The Morgan fingerprint density at radius 1 is 1.32 bits per heavy atom. The number of hydrogen-bond donors (Lipinski definition) is 1. The van der Waals surface area contributed by atoms with Crippen molar-refractivity contribution in [2.75, 3.05) is 18.8 Å². The van der Waals surface area contributed by atoms with E-state index in [1.165, 1.54) is 4.31 Å². The molecule has 110 valence electrons. The number of sulfonamides is 1. The number of aliphatic carboxylic acids is 1. The summed E-state index contributed by atoms with van der Waals surface area (Å²) in [5, 5.41) is 9.55. The fourth-order valence-corrected chi connectivity index (χ4v) is 4.79. The summed E-state index contributed by atoms with van der Waals surface area (Å²) in [5.41, 5.74) is -0.864. The summed E-state index contributed by atoms with van der Waals surface area (Å²) in [6, 6.07) is 0. The molecule has 1 heterocycles. The average molecular weight is 289 g/mol. The Labute approximate surface area is 115 Å². The summed E-state index contributed by atoms with van der Waals surface area (Å²) in [5.74, 6) is -0.121. The molecule has 2 fully saturated rings. The third-order valence-electron chi connectivity index (χ3n) is 4.62. The molecule has 1 aliphatic heterocycles. The molecule has 0 aromatic carbocycles. The van der Waals surface area contributed by atoms with E-state index in [0.29, 0.717) is 31.7 Å². The average Bonchev–Trinajstić information content (AvgIpc) is 2.34. The van der Waals surface area contributed by atoms with Gasteiger partial charge in [0.15, 0.2) is 0 Å². The SMILES string of the molecule is CC1CCC(CN2CCCCS2(=O)=O)(C(=O)O)CC1. The van der Waals surface area contributed by atoms with Crippen molar-refractivity contribution in [3.63, 3.8) is 0 Å². The Morgan fingerprint density at radius 2 is 1.95 bits per heavy atom. The molecule has 19 heavy (non-hydrogen) atoms. The summed E-state index contributed by atoms with van der Waals surface area (Å²) < 4.78 is 25.5. The minimum Gasteiger partial charge on any atom is -0.481 e. The molecule has 2 rings (SSSR count). The van der Waals surface area contributed by atoms with Crippen LogP contribution in [0.3, 0.4) is 0 Å². The number of rotatable bonds is 3. The fourth-order valence-electron chi connectivity index (χ4n) is 3.11. The topological polar surface area (TPSA) is 74.7 Å². The monoisotopic (exact) mass is 289 g/mol. The summed E-state index contributed by atoms with van der Waals surface area (Å²) >= 11 is 0. The smallest absolute Gasteiger partial charge is 0.310 e. The molecule has 0 atom stereocenters. The Kier molecular flexibility index (Phi) is 4.20. The van der Waals surface area contributed by atoms with Crippen molar-refractivity contribution >= 4 is 16.0 Å². The number of carboxylic acids is 1. The predicted molar refractivity (Wildman–Crippen MR) is 72.3 cm³/mol. The van der Waals surface area contributed by atoms with Crippen LogP contribution in [0, 0.1) is 11.3 Å². The van der Waals surface area contributed by atoms with Gasteiger partial charge in [-0.25, -0.2) is 12.7 Å². The van der Waals surface area contributed by atoms with Gasteiger partial charge >= 0.3 is 5.97 Å². The van der Waals surface area contributed by atoms with Crippen LogP contribution in [-0.2, 0) is 14.8 Å². The predicted octanol–water partition coefficient (Wildman–Crippen LogP) is 1.69. The summed E-state index contributed by atoms with van der Waals surface area (Å²) in [6.45, 7) is 2.77. The lowest BCUT2D eigenvalue weighted by atomic mass is 9.71. The maximum Gasteiger partial charge on any atom is 0.310 e. The zero-order valence-electron chi connectivity index (χ0n) is 11.5. The lowest BCUT2D eigenvalue weighted by molar-refractivity contribution is -0.152. The van der Waals surface area contributed by atoms with E-state index in [0.717, 1.165) is 19.3 Å². The van der Waals surface area contributed by atoms with E-state index in [4.69, 9.17) is 0 Å². The molecule has 2 aliphatic rings. The highest BCUT2D eigenvalue weighted by Gasteiger charge is 2.44. The van der Waals surface area contributed by atoms with Crippen LogP contribution in [0.2, 0.25) is 0 Å². The molecule has 1 N–H and O–H groups in total. The Bertz CT molecular complexity index is 438. The van der Waals surface area contributed by atoms with Crippen molar-refractivity contribution in [3.05, 3.63) is 0 Å². The Morgan fingerprint density at radius 3 is 2.47 bits per heavy atom. The molecule has 0 aromatic rings. The maximum absolute atomic E-state index is 12.0. The molecule has 0 aromatic heterocycles. The normalized spacial score (nSPS) is 35.9. The number of hydrogen-bond acceptors (Lipinski definition) is 3. The first-order chi connectivity index (χ1) is 8.86. The van der Waals surface area contributed by atoms with Crippen LogP contribution >= 0.6 is 0 Å². The zero-order valence-corrected chi connectivity index (χ0v) is 12.3. The second kappa shape index (κ2) is 5.40. The van der Waals surface area contributed by atoms with Crippen LogP contribution in [0.4, 0.5) is 0 Å². The third kappa shape index (κ3) is 3.11. The van der Waals surface area contributed by atoms with Gasteiger partial charge in [-0.2, -0.15) is 0 Å². The summed E-state index contributed by atoms with van der Waals surface area (Å²) in [7, 11) is -3.24. The molecule has 0 unspecified atom stereocenters. The van der Waals surface area contributed by atoms with Crippen LogP contribution in [0.25, 0.3) is 0 Å². The second-order valence-corrected chi connectivity index (χ2v) is 8.21. The summed E-state index contributed by atoms with van der Waals surface area (Å²) in [4.78, 5) is 11.6. The third-order valence-corrected chi connectivity index (χ3v) is 6.52. The van der Waals surface area contributed by atoms with Gasteiger partial charge in [0.1, 0.15) is 0 Å². The van der Waals surface area contributed by atoms with Gasteiger partial charge in [0.2, 0.25) is 10.0 Å². The van der Waals surface area contributed by atoms with Crippen molar-refractivity contribution in [1.29, 1.82) is 0 Å². The van der Waals surface area contributed by atoms with Gasteiger partial charge in [0, 0.05) is 13.1 Å². The van der Waals surface area contributed by atoms with Crippen molar-refractivity contribution in [2.24, 2.45) is 11.3 Å². The van der Waals surface area contributed by atoms with E-state index >= 15 is 0 Å². The molecular weight excluding hydrogens is 266 g/mol. The van der Waals surface area contributed by atoms with E-state index in [1.54, 1.807) is 0 Å². The quantitative estimate of drug-likeness (QED) is 0.858. The molecular formula is C13H23NO4S. The molecule has 0 radical (unpaired) electrons. The Balaban J connectivity index is 2.15. The van der Waals surface area contributed by atoms with Crippen LogP contribution in [0.15, 0.2) is 0 Å². The first-order valence-electron chi connectivity index (χ1n) is 7.07. The van der Waals surface area contributed by atoms with Gasteiger partial charge in [-0.05, 0) is 44.4 Å². The molecule has 1 saturated heterocycles. The highest BCUT2D eigenvalue weighted by molar-refractivity contribution is 7.89. The number of nitrogens with zero attached hydrogens (tertiary/aromatic N) is 1. The van der Waals surface area contributed by atoms with E-state index in [2.05, 4.69) is 6.92 Å². The van der Waals surface area contributed by atoms with Gasteiger partial charge < -0.3 is 5.11 Å². The van der Waals surface area contributed by atoms with Crippen LogP contribution < -0.4 is 0 Å². The van der Waals surface area contributed by atoms with Crippen molar-refractivity contribution in [2.45, 2.75) is 45.4 Å². The Hall–Kier alpha value is -0.620. The van der Waals surface area contributed by atoms with Crippen LogP contribution in [-0.4, -0.2) is 42.6 Å². The highest BCUT2D eigenvalue weighted by atomic mass is 32.2. The van der Waals surface area contributed by atoms with Crippen LogP contribution in [0.1, 0.15) is 45.4 Å². The fraction of sp³-hybridized carbons (Fsp3) is 0.923. The molecule has 0 amide bonds. The molecule has 1 saturated carbocycles. The molecule has 0 bridgehead atoms. The molecule has 1 aliphatic carbocycles. The van der Waals surface area contributed by atoms with E-state index in [-0.39, 0.29) is 12.3 Å². The van der Waals surface area contributed by atoms with Gasteiger partial charge in [-0.1, -0.05) is 6.92 Å². The van der Waals surface area contributed by atoms with Gasteiger partial charge in [-0.3, -0.25) is 4.79 Å². The van der Waals surface area contributed by atoms with Crippen molar-refractivity contribution in [1.82, 2.24) is 4.31 Å². The lowest BCUT2D eigenvalue weighted by Crippen LogP contribution is -2.49. The van der Waals surface area contributed by atoms with Crippen molar-refractivity contribution in [3.8, 4) is 0 Å². The molecule has 6 heteroatoms. The number of carbonyl (C=O) groups is 1. The minimum absolute atomic E-state index is 0.164. The van der Waals surface area contributed by atoms with Gasteiger partial charge in [0.05, 0.1) is 11.2 Å². The van der Waals surface area contributed by atoms with Crippen LogP contribution in [0.5, 0.6) is 0 Å². The first kappa shape index (κ1) is 14.8. The summed E-state index contributed by atoms with van der Waals surface area (Å²) in [6.07, 6.45) is 4.46. The van der Waals surface area contributed by atoms with Gasteiger partial charge in [0.25, 0.3) is 0 Å². The minimum atomic E-state index is -3.24. The largest absolute Gasteiger partial charge is 0.481 e. The molecule has 5 nitrogen and oxygen atoms in total. The molecule has 0 spiro atoms. The number of carboxylic acid groups (broad SMARTS) is 1. The lowest BCUT2D eigenvalue weighted by Gasteiger charge is -2.40. The second-order valence-electron chi connectivity index (χ2n) is 6.12. The van der Waals surface area contributed by atoms with Gasteiger partial charge in [-0.15, -0.1) is 0 Å². The zero-order chi connectivity index (χ0) is 14.1. The highest BCUT2D eigenvalue weighted by Crippen LogP contribution is 2.40. The maximum atomic E-state index is 12.0. The van der Waals surface area contributed by atoms with E-state index < -0.39 is 21.4 Å². The van der Waals surface area contributed by atoms with E-state index in [1.807, 2.05) is 0 Å².